The second-order valence-electron chi connectivity index (χ2n) is 3.24. The van der Waals surface area contributed by atoms with Crippen molar-refractivity contribution in [3.8, 4) is 0 Å². The van der Waals surface area contributed by atoms with Gasteiger partial charge in [0.05, 0.1) is 11.4 Å². The van der Waals surface area contributed by atoms with Crippen molar-refractivity contribution in [2.75, 3.05) is 17.6 Å². The van der Waals surface area contributed by atoms with E-state index in [1.54, 1.807) is 13.0 Å². The fourth-order valence-corrected chi connectivity index (χ4v) is 1.53. The second kappa shape index (κ2) is 5.77. The SMILES string of the molecule is Cc1cc(NC(=O)CSC(C)CN)on1. The van der Waals surface area contributed by atoms with Crippen LogP contribution in [0.15, 0.2) is 10.6 Å². The number of amides is 1. The highest BCUT2D eigenvalue weighted by molar-refractivity contribution is 8.00. The number of carbonyl (C=O) groups is 1. The molecule has 5 nitrogen and oxygen atoms in total. The summed E-state index contributed by atoms with van der Waals surface area (Å²) in [7, 11) is 0. The van der Waals surface area contributed by atoms with Gasteiger partial charge in [0.2, 0.25) is 11.8 Å². The summed E-state index contributed by atoms with van der Waals surface area (Å²) in [6, 6.07) is 1.68. The molecule has 0 aliphatic heterocycles. The van der Waals surface area contributed by atoms with E-state index in [0.29, 0.717) is 18.2 Å². The van der Waals surface area contributed by atoms with E-state index in [0.717, 1.165) is 5.69 Å². The number of nitrogens with two attached hydrogens (primary N) is 1. The van der Waals surface area contributed by atoms with Gasteiger partial charge in [0.15, 0.2) is 0 Å². The van der Waals surface area contributed by atoms with Gasteiger partial charge in [0.1, 0.15) is 0 Å². The molecule has 0 spiro atoms. The quantitative estimate of drug-likeness (QED) is 0.787. The number of hydrogen-bond donors (Lipinski definition) is 2. The van der Waals surface area contributed by atoms with Crippen LogP contribution in [-0.4, -0.2) is 28.6 Å². The smallest absolute Gasteiger partial charge is 0.236 e. The fourth-order valence-electron chi connectivity index (χ4n) is 0.882. The van der Waals surface area contributed by atoms with Gasteiger partial charge in [-0.05, 0) is 6.92 Å². The molecule has 0 bridgehead atoms. The molecule has 1 atom stereocenters. The molecule has 15 heavy (non-hydrogen) atoms. The van der Waals surface area contributed by atoms with Crippen molar-refractivity contribution in [2.24, 2.45) is 5.73 Å². The summed E-state index contributed by atoms with van der Waals surface area (Å²) in [5.74, 6) is 0.660. The van der Waals surface area contributed by atoms with Gasteiger partial charge in [-0.25, -0.2) is 0 Å². The first-order valence-electron chi connectivity index (χ1n) is 4.66. The zero-order chi connectivity index (χ0) is 11.3. The second-order valence-corrected chi connectivity index (χ2v) is 4.66. The Morgan fingerprint density at radius 1 is 1.80 bits per heavy atom. The lowest BCUT2D eigenvalue weighted by Gasteiger charge is -2.06. The lowest BCUT2D eigenvalue weighted by molar-refractivity contribution is -0.113. The maximum absolute atomic E-state index is 11.4. The first-order valence-corrected chi connectivity index (χ1v) is 5.71. The Kier molecular flexibility index (Phi) is 4.64. The summed E-state index contributed by atoms with van der Waals surface area (Å²) in [6.07, 6.45) is 0. The molecule has 3 N–H and O–H groups in total. The van der Waals surface area contributed by atoms with Crippen molar-refractivity contribution in [2.45, 2.75) is 19.1 Å². The van der Waals surface area contributed by atoms with E-state index in [9.17, 15) is 4.79 Å². The molecule has 0 saturated heterocycles. The molecule has 0 aliphatic rings. The molecular weight excluding hydrogens is 214 g/mol. The van der Waals surface area contributed by atoms with Gasteiger partial charge >= 0.3 is 0 Å². The highest BCUT2D eigenvalue weighted by atomic mass is 32.2. The minimum absolute atomic E-state index is 0.101. The van der Waals surface area contributed by atoms with Crippen LogP contribution in [0.5, 0.6) is 0 Å². The Hall–Kier alpha value is -1.01. The predicted octanol–water partition coefficient (Wildman–Crippen LogP) is 1.00. The number of nitrogens with one attached hydrogen (secondary N) is 1. The van der Waals surface area contributed by atoms with E-state index in [-0.39, 0.29) is 11.2 Å². The van der Waals surface area contributed by atoms with Crippen LogP contribution in [0.4, 0.5) is 5.88 Å². The molecular formula is C9H15N3O2S. The molecule has 6 heteroatoms. The first kappa shape index (κ1) is 12.1. The summed E-state index contributed by atoms with van der Waals surface area (Å²) in [5.41, 5.74) is 6.18. The summed E-state index contributed by atoms with van der Waals surface area (Å²) in [5, 5.41) is 6.56. The number of aryl methyl sites for hydroxylation is 1. The van der Waals surface area contributed by atoms with E-state index in [4.69, 9.17) is 10.3 Å². The van der Waals surface area contributed by atoms with E-state index in [1.807, 2.05) is 6.92 Å². The molecule has 1 unspecified atom stereocenters. The van der Waals surface area contributed by atoms with Crippen LogP contribution in [0.2, 0.25) is 0 Å². The Balaban J connectivity index is 2.30. The van der Waals surface area contributed by atoms with Gasteiger partial charge in [-0.3, -0.25) is 10.1 Å². The Morgan fingerprint density at radius 2 is 2.53 bits per heavy atom. The minimum atomic E-state index is -0.101. The molecule has 1 aromatic heterocycles. The highest BCUT2D eigenvalue weighted by Crippen LogP contribution is 2.11. The van der Waals surface area contributed by atoms with Crippen LogP contribution in [0, 0.1) is 6.92 Å². The lowest BCUT2D eigenvalue weighted by atomic mass is 10.5. The minimum Gasteiger partial charge on any atom is -0.338 e. The standard InChI is InChI=1S/C9H15N3O2S/c1-6-3-9(14-12-6)11-8(13)5-15-7(2)4-10/h3,7H,4-5,10H2,1-2H3,(H,11,13). The van der Waals surface area contributed by atoms with E-state index >= 15 is 0 Å². The normalized spacial score (nSPS) is 12.5. The summed E-state index contributed by atoms with van der Waals surface area (Å²) in [4.78, 5) is 11.4. The largest absolute Gasteiger partial charge is 0.338 e. The molecule has 1 amide bonds. The number of anilines is 1. The van der Waals surface area contributed by atoms with Gasteiger partial charge in [-0.2, -0.15) is 0 Å². The molecule has 0 saturated carbocycles. The summed E-state index contributed by atoms with van der Waals surface area (Å²) in [6.45, 7) is 4.35. The Labute approximate surface area is 92.8 Å². The van der Waals surface area contributed by atoms with Gasteiger partial charge in [0, 0.05) is 17.9 Å². The van der Waals surface area contributed by atoms with Crippen molar-refractivity contribution in [1.82, 2.24) is 5.16 Å². The molecule has 1 rings (SSSR count). The molecule has 0 fully saturated rings. The van der Waals surface area contributed by atoms with Crippen LogP contribution < -0.4 is 11.1 Å². The average Bonchev–Trinajstić information content (AvgIpc) is 2.60. The maximum atomic E-state index is 11.4. The predicted molar refractivity (Wildman–Crippen MR) is 60.8 cm³/mol. The molecule has 0 radical (unpaired) electrons. The summed E-state index contributed by atoms with van der Waals surface area (Å²) < 4.78 is 4.85. The van der Waals surface area contributed by atoms with Crippen molar-refractivity contribution in [3.05, 3.63) is 11.8 Å². The van der Waals surface area contributed by atoms with Gasteiger partial charge in [-0.1, -0.05) is 12.1 Å². The molecule has 1 aromatic rings. The zero-order valence-corrected chi connectivity index (χ0v) is 9.63. The van der Waals surface area contributed by atoms with Crippen LogP contribution in [0.3, 0.4) is 0 Å². The molecule has 0 aromatic carbocycles. The van der Waals surface area contributed by atoms with E-state index in [2.05, 4.69) is 10.5 Å². The number of aromatic nitrogens is 1. The van der Waals surface area contributed by atoms with Crippen molar-refractivity contribution in [1.29, 1.82) is 0 Å². The lowest BCUT2D eigenvalue weighted by Crippen LogP contribution is -2.19. The summed E-state index contributed by atoms with van der Waals surface area (Å²) >= 11 is 1.51. The van der Waals surface area contributed by atoms with E-state index < -0.39 is 0 Å². The molecule has 84 valence electrons. The van der Waals surface area contributed by atoms with Crippen LogP contribution >= 0.6 is 11.8 Å². The van der Waals surface area contributed by atoms with E-state index in [1.165, 1.54) is 11.8 Å². The number of nitrogens with zero attached hydrogens (tertiary/aromatic N) is 1. The third-order valence-corrected chi connectivity index (χ3v) is 2.91. The number of thioether (sulfide) groups is 1. The number of hydrogen-bond acceptors (Lipinski definition) is 5. The van der Waals surface area contributed by atoms with Crippen molar-refractivity contribution < 1.29 is 9.32 Å². The maximum Gasteiger partial charge on any atom is 0.236 e. The molecule has 1 heterocycles. The van der Waals surface area contributed by atoms with Gasteiger partial charge in [-0.15, -0.1) is 11.8 Å². The third kappa shape index (κ3) is 4.35. The Bertz CT molecular complexity index is 327. The highest BCUT2D eigenvalue weighted by Gasteiger charge is 2.08. The Morgan fingerprint density at radius 3 is 3.07 bits per heavy atom. The zero-order valence-electron chi connectivity index (χ0n) is 8.82. The van der Waals surface area contributed by atoms with Gasteiger partial charge < -0.3 is 10.3 Å². The van der Waals surface area contributed by atoms with Gasteiger partial charge in [0.25, 0.3) is 0 Å². The first-order chi connectivity index (χ1) is 7.11. The van der Waals surface area contributed by atoms with Crippen LogP contribution in [0.1, 0.15) is 12.6 Å². The van der Waals surface area contributed by atoms with Crippen molar-refractivity contribution in [3.63, 3.8) is 0 Å². The number of rotatable bonds is 5. The average molecular weight is 229 g/mol. The van der Waals surface area contributed by atoms with Crippen molar-refractivity contribution >= 4 is 23.6 Å². The third-order valence-electron chi connectivity index (χ3n) is 1.72. The van der Waals surface area contributed by atoms with Crippen LogP contribution in [-0.2, 0) is 4.79 Å². The molecule has 0 aliphatic carbocycles. The topological polar surface area (TPSA) is 81.2 Å². The number of carbonyl (C=O) groups excluding carboxylic acids is 1. The van der Waals surface area contributed by atoms with Crippen LogP contribution in [0.25, 0.3) is 0 Å². The fraction of sp³-hybridized carbons (Fsp3) is 0.556. The monoisotopic (exact) mass is 229 g/mol.